The van der Waals surface area contributed by atoms with Crippen LogP contribution in [0.25, 0.3) is 0 Å². The molecule has 0 spiro atoms. The predicted molar refractivity (Wildman–Crippen MR) is 73.1 cm³/mol. The summed E-state index contributed by atoms with van der Waals surface area (Å²) in [6, 6.07) is 5.31. The number of rotatable bonds is 5. The van der Waals surface area contributed by atoms with Gasteiger partial charge >= 0.3 is 0 Å². The van der Waals surface area contributed by atoms with Crippen molar-refractivity contribution in [2.75, 3.05) is 6.61 Å². The van der Waals surface area contributed by atoms with Gasteiger partial charge in [0, 0.05) is 6.92 Å². The predicted octanol–water partition coefficient (Wildman–Crippen LogP) is -2.79. The van der Waals surface area contributed by atoms with Crippen molar-refractivity contribution >= 4 is 5.78 Å². The molecule has 1 saturated heterocycles. The molecule has 0 aliphatic carbocycles. The first-order valence-electron chi connectivity index (χ1n) is 6.85. The van der Waals surface area contributed by atoms with Gasteiger partial charge in [-0.25, -0.2) is 0 Å². The van der Waals surface area contributed by atoms with Crippen LogP contribution in [0, 0.1) is 51.2 Å². The summed E-state index contributed by atoms with van der Waals surface area (Å²) in [4.78, 5) is 12.1. The third-order valence-electron chi connectivity index (χ3n) is 3.75. The van der Waals surface area contributed by atoms with Gasteiger partial charge in [-0.1, -0.05) is 0 Å². The van der Waals surface area contributed by atoms with Crippen LogP contribution in [0.15, 0.2) is 0 Å². The van der Waals surface area contributed by atoms with Crippen LogP contribution in [-0.2, 0) is 14.3 Å². The number of nitrogens with zero attached hydrogens (tertiary/aromatic N) is 4. The van der Waals surface area contributed by atoms with Gasteiger partial charge in [0.05, 0.1) is 18.7 Å². The van der Waals surface area contributed by atoms with Crippen LogP contribution in [0.3, 0.4) is 0 Å². The Morgan fingerprint density at radius 3 is 2.08 bits per heavy atom. The molecule has 0 bridgehead atoms. The van der Waals surface area contributed by atoms with Gasteiger partial charge in [-0.05, 0) is 0 Å². The van der Waals surface area contributed by atoms with Crippen molar-refractivity contribution in [3.63, 3.8) is 0 Å². The number of carbonyl (C=O) groups is 1. The maximum Gasteiger partial charge on any atom is 0.273 e. The lowest BCUT2D eigenvalue weighted by molar-refractivity contribution is -0.359. The topological polar surface area (TPSA) is 212 Å². The van der Waals surface area contributed by atoms with Crippen molar-refractivity contribution in [1.82, 2.24) is 0 Å². The Morgan fingerprint density at radius 2 is 1.72 bits per heavy atom. The summed E-state index contributed by atoms with van der Waals surface area (Å²) >= 11 is 0. The number of aliphatic hydroxyl groups excluding tert-OH is 4. The Labute approximate surface area is 142 Å². The molecule has 25 heavy (non-hydrogen) atoms. The smallest absolute Gasteiger partial charge is 0.273 e. The van der Waals surface area contributed by atoms with Crippen molar-refractivity contribution in [2.24, 2.45) is 5.92 Å². The van der Waals surface area contributed by atoms with Crippen LogP contribution < -0.4 is 0 Å². The second kappa shape index (κ2) is 7.52. The van der Waals surface area contributed by atoms with Crippen molar-refractivity contribution in [3.8, 4) is 24.3 Å². The first-order chi connectivity index (χ1) is 11.7. The van der Waals surface area contributed by atoms with Crippen molar-refractivity contribution < 1.29 is 34.7 Å². The molecule has 1 aliphatic rings. The van der Waals surface area contributed by atoms with Crippen molar-refractivity contribution in [2.45, 2.75) is 42.7 Å². The van der Waals surface area contributed by atoms with Crippen molar-refractivity contribution in [3.05, 3.63) is 0 Å². The lowest BCUT2D eigenvalue weighted by Gasteiger charge is -2.48. The lowest BCUT2D eigenvalue weighted by atomic mass is 9.87. The largest absolute Gasteiger partial charge is 0.394 e. The first-order valence-corrected chi connectivity index (χ1v) is 6.85. The molecule has 1 aliphatic heterocycles. The molecule has 11 nitrogen and oxygen atoms in total. The minimum atomic E-state index is -2.87. The fraction of sp³-hybridized carbons (Fsp3) is 0.643. The van der Waals surface area contributed by atoms with Crippen LogP contribution in [0.4, 0.5) is 0 Å². The number of hydrogen-bond acceptors (Lipinski definition) is 11. The van der Waals surface area contributed by atoms with E-state index in [1.54, 1.807) is 0 Å². The fourth-order valence-electron chi connectivity index (χ4n) is 2.30. The molecule has 1 fully saturated rings. The Balaban J connectivity index is 3.52. The van der Waals surface area contributed by atoms with Gasteiger partial charge in [-0.2, -0.15) is 21.0 Å². The molecule has 1 rings (SSSR count). The Bertz CT molecular complexity index is 670. The van der Waals surface area contributed by atoms with Gasteiger partial charge in [-0.15, -0.1) is 0 Å². The van der Waals surface area contributed by atoms with E-state index >= 15 is 0 Å². The number of Topliss-reactive ketones (excluding diaryl/α,β-unsaturated/α-hetero) is 1. The zero-order chi connectivity index (χ0) is 19.4. The Morgan fingerprint density at radius 1 is 1.20 bits per heavy atom. The van der Waals surface area contributed by atoms with Crippen LogP contribution >= 0.6 is 0 Å². The summed E-state index contributed by atoms with van der Waals surface area (Å²) in [6.07, 6.45) is -7.74. The summed E-state index contributed by atoms with van der Waals surface area (Å²) in [6.45, 7) is -0.0787. The molecule has 0 amide bonds. The molecule has 0 radical (unpaired) electrons. The normalized spacial score (nSPS) is 32.1. The van der Waals surface area contributed by atoms with Crippen LogP contribution in [0.1, 0.15) is 6.92 Å². The molecule has 1 unspecified atom stereocenters. The molecular weight excluding hydrogens is 336 g/mol. The van der Waals surface area contributed by atoms with Crippen LogP contribution in [-0.4, -0.2) is 68.6 Å². The third-order valence-corrected chi connectivity index (χ3v) is 3.75. The molecule has 132 valence electrons. The second-order valence-electron chi connectivity index (χ2n) is 5.24. The monoisotopic (exact) mass is 350 g/mol. The molecule has 0 aromatic heterocycles. The summed E-state index contributed by atoms with van der Waals surface area (Å²) in [7, 11) is 0. The maximum absolute atomic E-state index is 12.1. The van der Waals surface area contributed by atoms with Gasteiger partial charge in [0.25, 0.3) is 11.4 Å². The summed E-state index contributed by atoms with van der Waals surface area (Å²) in [5, 5.41) is 75.5. The molecule has 0 aromatic rings. The molecule has 0 saturated carbocycles. The van der Waals surface area contributed by atoms with E-state index < -0.39 is 54.1 Å². The minimum absolute atomic E-state index is 0.829. The van der Waals surface area contributed by atoms with Gasteiger partial charge < -0.3 is 29.9 Å². The minimum Gasteiger partial charge on any atom is -0.394 e. The number of ketones is 1. The van der Waals surface area contributed by atoms with E-state index in [1.807, 2.05) is 0 Å². The van der Waals surface area contributed by atoms with Crippen LogP contribution in [0.5, 0.6) is 0 Å². The SMILES string of the molecule is CC(=O)C1(OC(C#N)(C#N)C(C#N)C#N)O[C@H](CO)[C@@H](O)[C@H](O)[C@H]1O. The van der Waals surface area contributed by atoms with Gasteiger partial charge in [0.1, 0.15) is 36.6 Å². The third kappa shape index (κ3) is 3.17. The summed E-state index contributed by atoms with van der Waals surface area (Å²) in [5.41, 5.74) is -2.85. The van der Waals surface area contributed by atoms with E-state index in [1.165, 1.54) is 24.3 Å². The van der Waals surface area contributed by atoms with E-state index in [0.717, 1.165) is 6.92 Å². The maximum atomic E-state index is 12.1. The van der Waals surface area contributed by atoms with E-state index in [0.29, 0.717) is 0 Å². The van der Waals surface area contributed by atoms with E-state index in [2.05, 4.69) is 0 Å². The summed E-state index contributed by atoms with van der Waals surface area (Å²) < 4.78 is 10.1. The highest BCUT2D eigenvalue weighted by atomic mass is 16.7. The number of ether oxygens (including phenoxy) is 2. The standard InChI is InChI=1S/C14H14N4O7/c1-7(20)14(12(23)11(22)10(21)9(4-19)24-14)25-13(5-17,6-18)8(2-15)3-16/h8-12,19,21-23H,4H2,1H3/t9-,10-,11+,12-,14?/m1/s1. The van der Waals surface area contributed by atoms with Crippen LogP contribution in [0.2, 0.25) is 0 Å². The van der Waals surface area contributed by atoms with Gasteiger partial charge in [0.15, 0.2) is 11.7 Å². The number of aliphatic hydroxyl groups is 4. The second-order valence-corrected chi connectivity index (χ2v) is 5.24. The highest BCUT2D eigenvalue weighted by molar-refractivity contribution is 5.84. The van der Waals surface area contributed by atoms with E-state index in [4.69, 9.17) is 20.0 Å². The Kier molecular flexibility index (Phi) is 6.15. The van der Waals surface area contributed by atoms with Gasteiger partial charge in [-0.3, -0.25) is 4.79 Å². The average molecular weight is 350 g/mol. The summed E-state index contributed by atoms with van der Waals surface area (Å²) in [5.74, 6) is -6.00. The molecular formula is C14H14N4O7. The lowest BCUT2D eigenvalue weighted by Crippen LogP contribution is -2.70. The Hall–Kier alpha value is -2.61. The van der Waals surface area contributed by atoms with Crippen molar-refractivity contribution in [1.29, 1.82) is 21.0 Å². The molecule has 11 heteroatoms. The highest BCUT2D eigenvalue weighted by Gasteiger charge is 2.62. The molecule has 4 N–H and O–H groups in total. The first kappa shape index (κ1) is 20.4. The zero-order valence-corrected chi connectivity index (χ0v) is 12.9. The number of hydrogen-bond donors (Lipinski definition) is 4. The van der Waals surface area contributed by atoms with Gasteiger partial charge in [0.2, 0.25) is 0 Å². The molecule has 0 aromatic carbocycles. The average Bonchev–Trinajstić information content (AvgIpc) is 2.61. The van der Waals surface area contributed by atoms with E-state index in [9.17, 15) is 35.7 Å². The quantitative estimate of drug-likeness (QED) is 0.397. The highest BCUT2D eigenvalue weighted by Crippen LogP contribution is 2.37. The molecule has 5 atom stereocenters. The molecule has 1 heterocycles. The number of nitriles is 4. The fourth-order valence-corrected chi connectivity index (χ4v) is 2.30. The van der Waals surface area contributed by atoms with E-state index in [-0.39, 0.29) is 0 Å². The number of carbonyl (C=O) groups excluding carboxylic acids is 1. The zero-order valence-electron chi connectivity index (χ0n) is 12.9.